The summed E-state index contributed by atoms with van der Waals surface area (Å²) >= 11 is 0. The molecule has 0 aromatic heterocycles. The van der Waals surface area contributed by atoms with Crippen molar-refractivity contribution in [1.29, 1.82) is 0 Å². The van der Waals surface area contributed by atoms with Gasteiger partial charge in [-0.1, -0.05) is 13.0 Å². The first kappa shape index (κ1) is 9.84. The maximum atomic E-state index is 10.8. The summed E-state index contributed by atoms with van der Waals surface area (Å²) in [5.41, 5.74) is 5.00. The lowest BCUT2D eigenvalue weighted by Gasteiger charge is -1.98. The molecule has 62 valence electrons. The minimum Gasteiger partial charge on any atom is -0.480 e. The Morgan fingerprint density at radius 2 is 2.18 bits per heavy atom. The zero-order valence-corrected chi connectivity index (χ0v) is 6.28. The average molecular weight is 157 g/mol. The number of rotatable bonds is 4. The van der Waals surface area contributed by atoms with Crippen molar-refractivity contribution in [2.24, 2.45) is 5.73 Å². The molecule has 0 spiro atoms. The molecule has 11 heavy (non-hydrogen) atoms. The summed E-state index contributed by atoms with van der Waals surface area (Å²) in [5.74, 6) is -1.87. The molecule has 0 radical (unpaired) electrons. The fourth-order valence-corrected chi connectivity index (χ4v) is 0.459. The van der Waals surface area contributed by atoms with Crippen molar-refractivity contribution in [2.45, 2.75) is 19.4 Å². The number of nitrogens with two attached hydrogens (primary N) is 1. The molecule has 0 saturated heterocycles. The highest BCUT2D eigenvalue weighted by atomic mass is 16.4. The number of carbonyl (C=O) groups is 2. The second kappa shape index (κ2) is 4.62. The number of hydrogen-bond acceptors (Lipinski definition) is 3. The maximum Gasteiger partial charge on any atom is 0.328 e. The molecule has 1 atom stereocenters. The van der Waals surface area contributed by atoms with Gasteiger partial charge in [0.15, 0.2) is 11.8 Å². The summed E-state index contributed by atoms with van der Waals surface area (Å²) < 4.78 is 0. The average Bonchev–Trinajstić information content (AvgIpc) is 1.98. The van der Waals surface area contributed by atoms with Gasteiger partial charge in [-0.2, -0.15) is 0 Å². The first-order valence-electron chi connectivity index (χ1n) is 3.28. The summed E-state index contributed by atoms with van der Waals surface area (Å²) in [6.07, 6.45) is 3.46. The highest BCUT2D eigenvalue weighted by Crippen LogP contribution is 1.87. The number of carbonyl (C=O) groups excluding carboxylic acids is 1. The van der Waals surface area contributed by atoms with Gasteiger partial charge in [-0.15, -0.1) is 0 Å². The second-order valence-electron chi connectivity index (χ2n) is 2.03. The Kier molecular flexibility index (Phi) is 4.14. The smallest absolute Gasteiger partial charge is 0.328 e. The maximum absolute atomic E-state index is 10.8. The molecule has 3 N–H and O–H groups in total. The van der Waals surface area contributed by atoms with Gasteiger partial charge in [0.2, 0.25) is 0 Å². The molecular weight excluding hydrogens is 146 g/mol. The summed E-state index contributed by atoms with van der Waals surface area (Å²) in [5, 5.41) is 8.27. The molecule has 0 fully saturated rings. The van der Waals surface area contributed by atoms with E-state index in [1.165, 1.54) is 6.08 Å². The van der Waals surface area contributed by atoms with Crippen LogP contribution < -0.4 is 5.73 Å². The third-order valence-electron chi connectivity index (χ3n) is 1.09. The van der Waals surface area contributed by atoms with Crippen molar-refractivity contribution in [1.82, 2.24) is 0 Å². The van der Waals surface area contributed by atoms with Crippen LogP contribution in [0.2, 0.25) is 0 Å². The van der Waals surface area contributed by atoms with Crippen molar-refractivity contribution in [3.05, 3.63) is 12.2 Å². The van der Waals surface area contributed by atoms with Gasteiger partial charge in [0.05, 0.1) is 0 Å². The Balaban J connectivity index is 4.03. The number of carboxylic acid groups (broad SMARTS) is 1. The molecule has 0 aliphatic carbocycles. The van der Waals surface area contributed by atoms with Crippen molar-refractivity contribution >= 4 is 11.8 Å². The Hall–Kier alpha value is -1.16. The fourth-order valence-electron chi connectivity index (χ4n) is 0.459. The molecule has 0 bridgehead atoms. The van der Waals surface area contributed by atoms with Crippen molar-refractivity contribution in [2.75, 3.05) is 0 Å². The van der Waals surface area contributed by atoms with Crippen molar-refractivity contribution < 1.29 is 14.7 Å². The summed E-state index contributed by atoms with van der Waals surface area (Å²) in [4.78, 5) is 20.9. The van der Waals surface area contributed by atoms with Gasteiger partial charge < -0.3 is 10.8 Å². The Morgan fingerprint density at radius 1 is 1.64 bits per heavy atom. The molecule has 0 rings (SSSR count). The Morgan fingerprint density at radius 3 is 2.55 bits per heavy atom. The van der Waals surface area contributed by atoms with Crippen LogP contribution in [0.15, 0.2) is 12.2 Å². The van der Waals surface area contributed by atoms with E-state index >= 15 is 0 Å². The Labute approximate surface area is 64.7 Å². The van der Waals surface area contributed by atoms with E-state index < -0.39 is 17.8 Å². The SMILES string of the molecule is CCC=CC(=O)[C@H](N)C(=O)O. The monoisotopic (exact) mass is 157 g/mol. The molecule has 0 saturated carbocycles. The Bertz CT molecular complexity index is 186. The molecule has 0 aromatic rings. The highest BCUT2D eigenvalue weighted by Gasteiger charge is 2.17. The van der Waals surface area contributed by atoms with Crippen molar-refractivity contribution in [3.8, 4) is 0 Å². The van der Waals surface area contributed by atoms with E-state index in [1.807, 2.05) is 6.92 Å². The topological polar surface area (TPSA) is 80.4 Å². The molecule has 0 amide bonds. The lowest BCUT2D eigenvalue weighted by Crippen LogP contribution is -2.37. The molecule has 4 heteroatoms. The van der Waals surface area contributed by atoms with E-state index in [2.05, 4.69) is 0 Å². The normalized spacial score (nSPS) is 13.3. The van der Waals surface area contributed by atoms with E-state index in [-0.39, 0.29) is 0 Å². The van der Waals surface area contributed by atoms with Gasteiger partial charge in [0, 0.05) is 0 Å². The molecular formula is C7H11NO3. The lowest BCUT2D eigenvalue weighted by molar-refractivity contribution is -0.141. The predicted octanol–water partition coefficient (Wildman–Crippen LogP) is -0.0664. The van der Waals surface area contributed by atoms with Crippen LogP contribution in [0.3, 0.4) is 0 Å². The van der Waals surface area contributed by atoms with Crippen LogP contribution >= 0.6 is 0 Å². The first-order valence-corrected chi connectivity index (χ1v) is 3.28. The van der Waals surface area contributed by atoms with E-state index in [9.17, 15) is 9.59 Å². The van der Waals surface area contributed by atoms with Crippen LogP contribution in [0.4, 0.5) is 0 Å². The fraction of sp³-hybridized carbons (Fsp3) is 0.429. The third-order valence-corrected chi connectivity index (χ3v) is 1.09. The van der Waals surface area contributed by atoms with E-state index in [4.69, 9.17) is 10.8 Å². The second-order valence-corrected chi connectivity index (χ2v) is 2.03. The van der Waals surface area contributed by atoms with Gasteiger partial charge >= 0.3 is 5.97 Å². The van der Waals surface area contributed by atoms with Crippen LogP contribution in [0.1, 0.15) is 13.3 Å². The van der Waals surface area contributed by atoms with E-state index in [0.717, 1.165) is 0 Å². The minimum absolute atomic E-state index is 0.570. The molecule has 0 heterocycles. The zero-order valence-electron chi connectivity index (χ0n) is 6.28. The van der Waals surface area contributed by atoms with Gasteiger partial charge in [0.25, 0.3) is 0 Å². The minimum atomic E-state index is -1.42. The number of carboxylic acids is 1. The number of hydrogen-bond donors (Lipinski definition) is 2. The van der Waals surface area contributed by atoms with Crippen LogP contribution in [0, 0.1) is 0 Å². The largest absolute Gasteiger partial charge is 0.480 e. The highest BCUT2D eigenvalue weighted by molar-refractivity contribution is 6.07. The number of aliphatic carboxylic acids is 1. The van der Waals surface area contributed by atoms with Gasteiger partial charge in [-0.25, -0.2) is 0 Å². The molecule has 0 aliphatic rings. The zero-order chi connectivity index (χ0) is 8.85. The quantitative estimate of drug-likeness (QED) is 0.442. The van der Waals surface area contributed by atoms with Gasteiger partial charge in [0.1, 0.15) is 0 Å². The standard InChI is InChI=1S/C7H11NO3/c1-2-3-4-5(9)6(8)7(10)11/h3-4,6H,2,8H2,1H3,(H,10,11)/t6-/m0/s1. The summed E-state index contributed by atoms with van der Waals surface area (Å²) in [6, 6.07) is -1.42. The van der Waals surface area contributed by atoms with Crippen LogP contribution in [-0.2, 0) is 9.59 Å². The van der Waals surface area contributed by atoms with E-state index in [0.29, 0.717) is 6.42 Å². The molecule has 0 unspecified atom stereocenters. The van der Waals surface area contributed by atoms with E-state index in [1.54, 1.807) is 6.08 Å². The summed E-state index contributed by atoms with van der Waals surface area (Å²) in [7, 11) is 0. The van der Waals surface area contributed by atoms with Gasteiger partial charge in [-0.05, 0) is 12.5 Å². The van der Waals surface area contributed by atoms with Crippen molar-refractivity contribution in [3.63, 3.8) is 0 Å². The number of allylic oxidation sites excluding steroid dienone is 1. The van der Waals surface area contributed by atoms with Crippen LogP contribution in [0.5, 0.6) is 0 Å². The molecule has 0 aromatic carbocycles. The number of ketones is 1. The van der Waals surface area contributed by atoms with Crippen LogP contribution in [-0.4, -0.2) is 22.9 Å². The third kappa shape index (κ3) is 3.52. The van der Waals surface area contributed by atoms with Gasteiger partial charge in [-0.3, -0.25) is 9.59 Å². The summed E-state index contributed by atoms with van der Waals surface area (Å²) in [6.45, 7) is 1.84. The molecule has 0 aliphatic heterocycles. The lowest BCUT2D eigenvalue weighted by atomic mass is 10.2. The molecule has 4 nitrogen and oxygen atoms in total. The van der Waals surface area contributed by atoms with Crippen LogP contribution in [0.25, 0.3) is 0 Å². The first-order chi connectivity index (χ1) is 5.09. The predicted molar refractivity (Wildman–Crippen MR) is 40.0 cm³/mol.